The van der Waals surface area contributed by atoms with Gasteiger partial charge >= 0.3 is 5.97 Å². The number of halogens is 3. The molecule has 4 aromatic rings. The van der Waals surface area contributed by atoms with Gasteiger partial charge in [-0.3, -0.25) is 9.36 Å². The van der Waals surface area contributed by atoms with Crippen LogP contribution in [0.4, 0.5) is 0 Å². The van der Waals surface area contributed by atoms with Gasteiger partial charge in [-0.2, -0.15) is 0 Å². The van der Waals surface area contributed by atoms with E-state index in [2.05, 4.69) is 20.9 Å². The van der Waals surface area contributed by atoms with Crippen LogP contribution >= 0.6 is 50.5 Å². The molecule has 1 atom stereocenters. The molecule has 216 valence electrons. The van der Waals surface area contributed by atoms with Gasteiger partial charge in [0.2, 0.25) is 0 Å². The molecule has 2 heterocycles. The highest BCUT2D eigenvalue weighted by Crippen LogP contribution is 2.38. The van der Waals surface area contributed by atoms with Gasteiger partial charge in [-0.05, 0) is 82.9 Å². The Morgan fingerprint density at radius 1 is 1.14 bits per heavy atom. The van der Waals surface area contributed by atoms with Gasteiger partial charge in [-0.25, -0.2) is 9.79 Å². The number of aromatic nitrogens is 1. The van der Waals surface area contributed by atoms with E-state index in [0.29, 0.717) is 52.2 Å². The first-order valence-corrected chi connectivity index (χ1v) is 15.3. The number of fused-ring (bicyclic) bond motifs is 1. The van der Waals surface area contributed by atoms with Crippen LogP contribution in [0.1, 0.15) is 36.6 Å². The average molecular weight is 688 g/mol. The van der Waals surface area contributed by atoms with E-state index >= 15 is 0 Å². The molecule has 7 nitrogen and oxygen atoms in total. The number of hydrogen-bond donors (Lipinski definition) is 0. The minimum Gasteiger partial charge on any atom is -0.493 e. The predicted molar refractivity (Wildman–Crippen MR) is 168 cm³/mol. The highest BCUT2D eigenvalue weighted by atomic mass is 79.9. The number of carbonyl (C=O) groups excluding carboxylic acids is 1. The lowest BCUT2D eigenvalue weighted by molar-refractivity contribution is -0.139. The number of esters is 1. The molecule has 5 rings (SSSR count). The fraction of sp³-hybridized carbons (Fsp3) is 0.194. The van der Waals surface area contributed by atoms with Crippen LogP contribution in [-0.4, -0.2) is 24.3 Å². The third-order valence-electron chi connectivity index (χ3n) is 6.54. The molecule has 1 aliphatic heterocycles. The highest BCUT2D eigenvalue weighted by Gasteiger charge is 2.34. The van der Waals surface area contributed by atoms with Crippen molar-refractivity contribution in [2.45, 2.75) is 26.5 Å². The number of thiazole rings is 1. The zero-order chi connectivity index (χ0) is 30.0. The van der Waals surface area contributed by atoms with E-state index in [0.717, 1.165) is 5.56 Å². The summed E-state index contributed by atoms with van der Waals surface area (Å²) in [5, 5.41) is 1.05. The SMILES string of the molecule is CCOC(=O)C1=C(C)N=c2s/c(=C\c3cc(Br)c(OCc4cccc(Cl)c4)c(OC)c3)c(=O)n2[C@H]1c1ccccc1Cl. The number of benzene rings is 3. The Bertz CT molecular complexity index is 1900. The van der Waals surface area contributed by atoms with E-state index < -0.39 is 12.0 Å². The summed E-state index contributed by atoms with van der Waals surface area (Å²) in [4.78, 5) is 32.1. The number of hydrogen-bond acceptors (Lipinski definition) is 7. The van der Waals surface area contributed by atoms with Gasteiger partial charge in [-0.15, -0.1) is 0 Å². The Balaban J connectivity index is 1.58. The van der Waals surface area contributed by atoms with Crippen LogP contribution in [0.15, 0.2) is 86.2 Å². The molecule has 1 aromatic heterocycles. The number of rotatable bonds is 8. The Labute approximate surface area is 264 Å². The lowest BCUT2D eigenvalue weighted by Gasteiger charge is -2.25. The smallest absolute Gasteiger partial charge is 0.338 e. The van der Waals surface area contributed by atoms with Gasteiger partial charge < -0.3 is 14.2 Å². The van der Waals surface area contributed by atoms with Crippen LogP contribution in [0.2, 0.25) is 10.0 Å². The van der Waals surface area contributed by atoms with Crippen LogP contribution in [0.5, 0.6) is 11.5 Å². The normalized spacial score (nSPS) is 14.8. The molecule has 0 aliphatic carbocycles. The quantitative estimate of drug-likeness (QED) is 0.199. The number of carbonyl (C=O) groups is 1. The molecule has 0 radical (unpaired) electrons. The first-order chi connectivity index (χ1) is 20.2. The molecular formula is C31H25BrCl2N2O5S. The second-order valence-corrected chi connectivity index (χ2v) is 12.0. The largest absolute Gasteiger partial charge is 0.493 e. The van der Waals surface area contributed by atoms with Gasteiger partial charge in [0.15, 0.2) is 16.3 Å². The van der Waals surface area contributed by atoms with Gasteiger partial charge in [0, 0.05) is 10.0 Å². The van der Waals surface area contributed by atoms with Crippen molar-refractivity contribution in [1.82, 2.24) is 4.57 Å². The number of nitrogens with zero attached hydrogens (tertiary/aromatic N) is 2. The lowest BCUT2D eigenvalue weighted by atomic mass is 9.96. The molecule has 0 saturated heterocycles. The predicted octanol–water partition coefficient (Wildman–Crippen LogP) is 6.46. The van der Waals surface area contributed by atoms with Crippen molar-refractivity contribution in [2.24, 2.45) is 4.99 Å². The van der Waals surface area contributed by atoms with Gasteiger partial charge in [0.05, 0.1) is 34.0 Å². The summed E-state index contributed by atoms with van der Waals surface area (Å²) in [6.45, 7) is 3.94. The number of allylic oxidation sites excluding steroid dienone is 1. The molecule has 3 aromatic carbocycles. The van der Waals surface area contributed by atoms with Crippen molar-refractivity contribution in [3.05, 3.63) is 123 Å². The summed E-state index contributed by atoms with van der Waals surface area (Å²) >= 11 is 17.5. The van der Waals surface area contributed by atoms with Crippen molar-refractivity contribution >= 4 is 62.5 Å². The van der Waals surface area contributed by atoms with Crippen molar-refractivity contribution < 1.29 is 19.0 Å². The van der Waals surface area contributed by atoms with Crippen LogP contribution < -0.4 is 24.4 Å². The molecule has 0 saturated carbocycles. The minimum absolute atomic E-state index is 0.185. The molecule has 0 unspecified atom stereocenters. The molecular weight excluding hydrogens is 663 g/mol. The van der Waals surface area contributed by atoms with E-state index in [9.17, 15) is 9.59 Å². The second kappa shape index (κ2) is 12.9. The molecule has 0 bridgehead atoms. The zero-order valence-electron chi connectivity index (χ0n) is 22.8. The van der Waals surface area contributed by atoms with Crippen molar-refractivity contribution in [2.75, 3.05) is 13.7 Å². The van der Waals surface area contributed by atoms with Gasteiger partial charge in [-0.1, -0.05) is 64.9 Å². The van der Waals surface area contributed by atoms with E-state index in [-0.39, 0.29) is 24.3 Å². The fourth-order valence-corrected chi connectivity index (χ4v) is 6.75. The van der Waals surface area contributed by atoms with E-state index in [1.54, 1.807) is 57.4 Å². The van der Waals surface area contributed by atoms with Crippen LogP contribution in [0.25, 0.3) is 6.08 Å². The first kappa shape index (κ1) is 30.1. The zero-order valence-corrected chi connectivity index (χ0v) is 26.7. The summed E-state index contributed by atoms with van der Waals surface area (Å²) in [5.41, 5.74) is 2.65. The Morgan fingerprint density at radius 3 is 2.64 bits per heavy atom. The van der Waals surface area contributed by atoms with Crippen LogP contribution in [0.3, 0.4) is 0 Å². The fourth-order valence-electron chi connectivity index (χ4n) is 4.68. The molecule has 0 spiro atoms. The van der Waals surface area contributed by atoms with E-state index in [4.69, 9.17) is 37.4 Å². The monoisotopic (exact) mass is 686 g/mol. The van der Waals surface area contributed by atoms with Crippen molar-refractivity contribution in [3.8, 4) is 11.5 Å². The summed E-state index contributed by atoms with van der Waals surface area (Å²) in [7, 11) is 1.55. The average Bonchev–Trinajstić information content (AvgIpc) is 3.25. The third kappa shape index (κ3) is 6.06. The third-order valence-corrected chi connectivity index (χ3v) is 8.69. The number of methoxy groups -OCH3 is 1. The highest BCUT2D eigenvalue weighted by molar-refractivity contribution is 9.10. The Kier molecular flexibility index (Phi) is 9.22. The van der Waals surface area contributed by atoms with Crippen molar-refractivity contribution in [3.63, 3.8) is 0 Å². The van der Waals surface area contributed by atoms with E-state index in [1.807, 2.05) is 30.3 Å². The topological polar surface area (TPSA) is 79.1 Å². The van der Waals surface area contributed by atoms with Gasteiger partial charge in [0.25, 0.3) is 5.56 Å². The first-order valence-electron chi connectivity index (χ1n) is 12.9. The molecule has 0 fully saturated rings. The summed E-state index contributed by atoms with van der Waals surface area (Å²) in [6.07, 6.45) is 1.75. The second-order valence-electron chi connectivity index (χ2n) is 9.28. The lowest BCUT2D eigenvalue weighted by Crippen LogP contribution is -2.40. The maximum absolute atomic E-state index is 13.9. The standard InChI is InChI=1S/C31H25BrCl2N2O5S/c1-4-40-30(38)26-17(2)35-31-36(27(26)21-10-5-6-11-23(21)34)29(37)25(42-31)15-19-13-22(32)28(24(14-19)39-3)41-16-18-8-7-9-20(33)12-18/h5-15,27H,4,16H2,1-3H3/b25-15-/t27-/m0/s1. The molecule has 11 heteroatoms. The van der Waals surface area contributed by atoms with E-state index in [1.165, 1.54) is 15.9 Å². The van der Waals surface area contributed by atoms with Crippen LogP contribution in [-0.2, 0) is 16.1 Å². The van der Waals surface area contributed by atoms with Crippen LogP contribution in [0, 0.1) is 0 Å². The summed E-state index contributed by atoms with van der Waals surface area (Å²) < 4.78 is 19.6. The van der Waals surface area contributed by atoms with Crippen molar-refractivity contribution in [1.29, 1.82) is 0 Å². The Morgan fingerprint density at radius 2 is 1.93 bits per heavy atom. The summed E-state index contributed by atoms with van der Waals surface area (Å²) in [5.74, 6) is 0.462. The summed E-state index contributed by atoms with van der Waals surface area (Å²) in [6, 6.07) is 17.4. The molecule has 0 amide bonds. The molecule has 0 N–H and O–H groups in total. The number of ether oxygens (including phenoxy) is 3. The Hall–Kier alpha value is -3.37. The van der Waals surface area contributed by atoms with Gasteiger partial charge in [0.1, 0.15) is 12.6 Å². The molecule has 42 heavy (non-hydrogen) atoms. The maximum atomic E-state index is 13.9. The minimum atomic E-state index is -0.792. The molecule has 1 aliphatic rings. The maximum Gasteiger partial charge on any atom is 0.338 e.